The van der Waals surface area contributed by atoms with Gasteiger partial charge < -0.3 is 4.74 Å². The fourth-order valence-electron chi connectivity index (χ4n) is 0.742. The Balaban J connectivity index is 2.74. The van der Waals surface area contributed by atoms with E-state index < -0.39 is 17.2 Å². The third-order valence-electron chi connectivity index (χ3n) is 1.33. The molecule has 1 heterocycles. The van der Waals surface area contributed by atoms with Crippen LogP contribution >= 0.6 is 11.8 Å². The molecular formula is C7H7F3OS. The summed E-state index contributed by atoms with van der Waals surface area (Å²) in [6, 6.07) is 0. The van der Waals surface area contributed by atoms with Crippen molar-refractivity contribution in [3.63, 3.8) is 0 Å². The van der Waals surface area contributed by atoms with Crippen molar-refractivity contribution in [2.75, 3.05) is 7.11 Å². The molecule has 1 unspecified atom stereocenters. The molecule has 1 atom stereocenters. The predicted octanol–water partition coefficient (Wildman–Crippen LogP) is 2.71. The van der Waals surface area contributed by atoms with E-state index in [1.807, 2.05) is 0 Å². The van der Waals surface area contributed by atoms with Crippen LogP contribution in [-0.2, 0) is 4.74 Å². The Bertz CT molecular complexity index is 219. The first-order valence-corrected chi connectivity index (χ1v) is 4.07. The molecule has 0 saturated heterocycles. The van der Waals surface area contributed by atoms with E-state index in [0.717, 1.165) is 6.08 Å². The molecule has 0 saturated carbocycles. The van der Waals surface area contributed by atoms with Crippen LogP contribution in [0, 0.1) is 0 Å². The number of halogens is 3. The number of alkyl halides is 3. The van der Waals surface area contributed by atoms with Crippen LogP contribution in [0.5, 0.6) is 0 Å². The van der Waals surface area contributed by atoms with Crippen LogP contribution in [0.15, 0.2) is 22.5 Å². The molecule has 0 spiro atoms. The molecule has 1 nitrogen and oxygen atoms in total. The maximum Gasteiger partial charge on any atom is 0.422 e. The van der Waals surface area contributed by atoms with Crippen LogP contribution in [0.2, 0.25) is 0 Å². The van der Waals surface area contributed by atoms with Crippen molar-refractivity contribution in [1.29, 1.82) is 0 Å². The summed E-state index contributed by atoms with van der Waals surface area (Å²) >= 11 is 0.665. The molecular weight excluding hydrogens is 189 g/mol. The molecule has 0 aromatic heterocycles. The van der Waals surface area contributed by atoms with Gasteiger partial charge >= 0.3 is 6.18 Å². The molecule has 0 aromatic rings. The molecule has 0 bridgehead atoms. The summed E-state index contributed by atoms with van der Waals surface area (Å²) in [6.45, 7) is 0. The summed E-state index contributed by atoms with van der Waals surface area (Å²) in [5.41, 5.74) is 0. The number of hydrogen-bond donors (Lipinski definition) is 0. The second kappa shape index (κ2) is 3.53. The highest BCUT2D eigenvalue weighted by molar-refractivity contribution is 8.05. The van der Waals surface area contributed by atoms with Crippen LogP contribution in [0.1, 0.15) is 0 Å². The maximum absolute atomic E-state index is 12.1. The van der Waals surface area contributed by atoms with Crippen molar-refractivity contribution in [1.82, 2.24) is 0 Å². The van der Waals surface area contributed by atoms with Gasteiger partial charge in [-0.15, -0.1) is 0 Å². The summed E-state index contributed by atoms with van der Waals surface area (Å²) in [7, 11) is 1.37. The average molecular weight is 196 g/mol. The molecule has 0 aromatic carbocycles. The lowest BCUT2D eigenvalue weighted by Gasteiger charge is -2.15. The Hall–Kier alpha value is -0.420. The van der Waals surface area contributed by atoms with Crippen molar-refractivity contribution in [3.8, 4) is 0 Å². The lowest BCUT2D eigenvalue weighted by molar-refractivity contribution is -0.0843. The predicted molar refractivity (Wildman–Crippen MR) is 41.7 cm³/mol. The fourth-order valence-corrected chi connectivity index (χ4v) is 1.47. The Morgan fingerprint density at radius 1 is 1.50 bits per heavy atom. The van der Waals surface area contributed by atoms with Gasteiger partial charge in [-0.05, 0) is 17.6 Å². The molecule has 0 aliphatic carbocycles. The van der Waals surface area contributed by atoms with Crippen LogP contribution in [0.3, 0.4) is 0 Å². The monoisotopic (exact) mass is 196 g/mol. The van der Waals surface area contributed by atoms with Gasteiger partial charge in [-0.3, -0.25) is 0 Å². The van der Waals surface area contributed by atoms with Crippen molar-refractivity contribution >= 4 is 11.8 Å². The van der Waals surface area contributed by atoms with Gasteiger partial charge in [-0.1, -0.05) is 11.8 Å². The second-order valence-corrected chi connectivity index (χ2v) is 3.12. The largest absolute Gasteiger partial charge is 0.422 e. The minimum Gasteiger partial charge on any atom is -0.373 e. The molecule has 0 radical (unpaired) electrons. The molecule has 68 valence electrons. The Labute approximate surface area is 72.3 Å². The zero-order chi connectivity index (χ0) is 9.19. The van der Waals surface area contributed by atoms with E-state index in [1.54, 1.807) is 6.08 Å². The summed E-state index contributed by atoms with van der Waals surface area (Å²) in [5, 5.41) is 1.39. The summed E-state index contributed by atoms with van der Waals surface area (Å²) in [4.78, 5) is -0.614. The Morgan fingerprint density at radius 2 is 2.17 bits per heavy atom. The summed E-state index contributed by atoms with van der Waals surface area (Å²) in [6.07, 6.45) is -2.18. The quantitative estimate of drug-likeness (QED) is 0.637. The first kappa shape index (κ1) is 9.67. The number of methoxy groups -OCH3 is 1. The van der Waals surface area contributed by atoms with E-state index >= 15 is 0 Å². The Morgan fingerprint density at radius 3 is 2.67 bits per heavy atom. The highest BCUT2D eigenvalue weighted by Crippen LogP contribution is 2.37. The maximum atomic E-state index is 12.1. The smallest absolute Gasteiger partial charge is 0.373 e. The second-order valence-electron chi connectivity index (χ2n) is 2.18. The molecule has 0 N–H and O–H groups in total. The molecule has 1 aliphatic rings. The van der Waals surface area contributed by atoms with Crippen LogP contribution in [0.25, 0.3) is 0 Å². The standard InChI is InChI=1S/C7H7F3OS/c1-11-5-2-3-12-6(4-5)7(8,9)10/h2-5H,1H3. The van der Waals surface area contributed by atoms with E-state index in [4.69, 9.17) is 4.74 Å². The van der Waals surface area contributed by atoms with E-state index in [0.29, 0.717) is 11.8 Å². The normalized spacial score (nSPS) is 24.0. The topological polar surface area (TPSA) is 9.23 Å². The minimum absolute atomic E-state index is 0.553. The van der Waals surface area contributed by atoms with Gasteiger partial charge in [-0.25, -0.2) is 0 Å². The van der Waals surface area contributed by atoms with Gasteiger partial charge in [0.25, 0.3) is 0 Å². The lowest BCUT2D eigenvalue weighted by Crippen LogP contribution is -2.15. The minimum atomic E-state index is -4.26. The number of thioether (sulfide) groups is 1. The molecule has 0 fully saturated rings. The van der Waals surface area contributed by atoms with Crippen molar-refractivity contribution < 1.29 is 17.9 Å². The van der Waals surface area contributed by atoms with Gasteiger partial charge in [0.05, 0.1) is 11.0 Å². The van der Waals surface area contributed by atoms with Crippen LogP contribution < -0.4 is 0 Å². The van der Waals surface area contributed by atoms with Gasteiger partial charge in [0.1, 0.15) is 0 Å². The number of allylic oxidation sites excluding steroid dienone is 1. The van der Waals surface area contributed by atoms with E-state index in [1.165, 1.54) is 12.5 Å². The van der Waals surface area contributed by atoms with Crippen molar-refractivity contribution in [3.05, 3.63) is 22.5 Å². The first-order chi connectivity index (χ1) is 5.54. The van der Waals surface area contributed by atoms with E-state index in [9.17, 15) is 13.2 Å². The fraction of sp³-hybridized carbons (Fsp3) is 0.429. The molecule has 5 heteroatoms. The average Bonchev–Trinajstić information content (AvgIpc) is 2.03. The lowest BCUT2D eigenvalue weighted by atomic mass is 10.3. The van der Waals surface area contributed by atoms with E-state index in [-0.39, 0.29) is 0 Å². The highest BCUT2D eigenvalue weighted by Gasteiger charge is 2.35. The van der Waals surface area contributed by atoms with Gasteiger partial charge in [0.2, 0.25) is 0 Å². The first-order valence-electron chi connectivity index (χ1n) is 3.19. The third-order valence-corrected chi connectivity index (χ3v) is 2.25. The van der Waals surface area contributed by atoms with Gasteiger partial charge in [-0.2, -0.15) is 13.2 Å². The summed E-state index contributed by atoms with van der Waals surface area (Å²) in [5.74, 6) is 0. The van der Waals surface area contributed by atoms with Gasteiger partial charge in [0.15, 0.2) is 0 Å². The number of hydrogen-bond acceptors (Lipinski definition) is 2. The number of rotatable bonds is 1. The zero-order valence-corrected chi connectivity index (χ0v) is 7.08. The van der Waals surface area contributed by atoms with Crippen LogP contribution in [0.4, 0.5) is 13.2 Å². The summed E-state index contributed by atoms with van der Waals surface area (Å²) < 4.78 is 41.0. The third kappa shape index (κ3) is 2.28. The van der Waals surface area contributed by atoms with Crippen molar-refractivity contribution in [2.24, 2.45) is 0 Å². The number of ether oxygens (including phenoxy) is 1. The van der Waals surface area contributed by atoms with Gasteiger partial charge in [0, 0.05) is 7.11 Å². The molecule has 1 rings (SSSR count). The molecule has 0 amide bonds. The van der Waals surface area contributed by atoms with E-state index in [2.05, 4.69) is 0 Å². The van der Waals surface area contributed by atoms with Crippen molar-refractivity contribution in [2.45, 2.75) is 12.3 Å². The SMILES string of the molecule is COC1C=CSC(C(F)(F)F)=C1. The zero-order valence-electron chi connectivity index (χ0n) is 6.26. The highest BCUT2D eigenvalue weighted by atomic mass is 32.2. The van der Waals surface area contributed by atoms with Crippen LogP contribution in [-0.4, -0.2) is 19.4 Å². The molecule has 12 heavy (non-hydrogen) atoms. The molecule has 1 aliphatic heterocycles. The Kier molecular flexibility index (Phi) is 2.85.